The summed E-state index contributed by atoms with van der Waals surface area (Å²) in [5.74, 6) is -0.562. The summed E-state index contributed by atoms with van der Waals surface area (Å²) in [6.07, 6.45) is 1.62. The van der Waals surface area contributed by atoms with E-state index in [0.717, 1.165) is 18.5 Å². The maximum Gasteiger partial charge on any atom is 0.275 e. The van der Waals surface area contributed by atoms with Gasteiger partial charge in [0.05, 0.1) is 12.1 Å². The maximum atomic E-state index is 12.7. The molecule has 0 saturated carbocycles. The van der Waals surface area contributed by atoms with Crippen molar-refractivity contribution in [2.45, 2.75) is 18.9 Å². The van der Waals surface area contributed by atoms with Crippen LogP contribution >= 0.6 is 0 Å². The number of benzene rings is 2. The SMILES string of the molecule is NC1=C(C(=O)NC2Cc3ccccc3C2)CN(c2ccccc2)C1=O. The number of rotatable bonds is 3. The third-order valence-corrected chi connectivity index (χ3v) is 4.85. The predicted molar refractivity (Wildman–Crippen MR) is 95.8 cm³/mol. The summed E-state index contributed by atoms with van der Waals surface area (Å²) < 4.78 is 0. The van der Waals surface area contributed by atoms with E-state index in [1.54, 1.807) is 0 Å². The average Bonchev–Trinajstić information content (AvgIpc) is 3.17. The van der Waals surface area contributed by atoms with Crippen LogP contribution in [0.1, 0.15) is 11.1 Å². The van der Waals surface area contributed by atoms with Crippen LogP contribution in [0, 0.1) is 0 Å². The van der Waals surface area contributed by atoms with Gasteiger partial charge < -0.3 is 16.0 Å². The van der Waals surface area contributed by atoms with E-state index in [2.05, 4.69) is 17.4 Å². The van der Waals surface area contributed by atoms with E-state index in [0.29, 0.717) is 5.57 Å². The van der Waals surface area contributed by atoms with Crippen molar-refractivity contribution in [3.8, 4) is 0 Å². The van der Waals surface area contributed by atoms with Crippen LogP contribution in [0.3, 0.4) is 0 Å². The molecule has 0 spiro atoms. The smallest absolute Gasteiger partial charge is 0.275 e. The third kappa shape index (κ3) is 2.78. The predicted octanol–water partition coefficient (Wildman–Crippen LogP) is 1.53. The minimum atomic E-state index is -0.314. The van der Waals surface area contributed by atoms with E-state index in [4.69, 9.17) is 5.73 Å². The van der Waals surface area contributed by atoms with E-state index >= 15 is 0 Å². The average molecular weight is 333 g/mol. The molecule has 0 radical (unpaired) electrons. The minimum absolute atomic E-state index is 0.0388. The Morgan fingerprint density at radius 3 is 2.24 bits per heavy atom. The second-order valence-electron chi connectivity index (χ2n) is 6.47. The molecule has 1 heterocycles. The Kier molecular flexibility index (Phi) is 3.76. The number of para-hydroxylation sites is 1. The minimum Gasteiger partial charge on any atom is -0.394 e. The zero-order valence-electron chi connectivity index (χ0n) is 13.7. The van der Waals surface area contributed by atoms with Gasteiger partial charge in [0, 0.05) is 11.7 Å². The van der Waals surface area contributed by atoms with Gasteiger partial charge in [0.25, 0.3) is 11.8 Å². The fourth-order valence-corrected chi connectivity index (χ4v) is 3.53. The van der Waals surface area contributed by atoms with Crippen LogP contribution < -0.4 is 16.0 Å². The number of amides is 2. The van der Waals surface area contributed by atoms with Crippen molar-refractivity contribution in [2.75, 3.05) is 11.4 Å². The van der Waals surface area contributed by atoms with E-state index in [-0.39, 0.29) is 30.1 Å². The Morgan fingerprint density at radius 1 is 1.00 bits per heavy atom. The first-order chi connectivity index (χ1) is 12.1. The monoisotopic (exact) mass is 333 g/mol. The molecule has 5 heteroatoms. The highest BCUT2D eigenvalue weighted by Crippen LogP contribution is 2.25. The molecule has 1 aliphatic carbocycles. The molecule has 126 valence electrons. The number of carbonyl (C=O) groups excluding carboxylic acids is 2. The van der Waals surface area contributed by atoms with Crippen molar-refractivity contribution in [1.29, 1.82) is 0 Å². The molecule has 25 heavy (non-hydrogen) atoms. The lowest BCUT2D eigenvalue weighted by Gasteiger charge is -2.17. The summed E-state index contributed by atoms with van der Waals surface area (Å²) in [5, 5.41) is 3.04. The summed E-state index contributed by atoms with van der Waals surface area (Å²) in [4.78, 5) is 26.6. The van der Waals surface area contributed by atoms with Crippen molar-refractivity contribution in [3.63, 3.8) is 0 Å². The molecule has 2 amide bonds. The van der Waals surface area contributed by atoms with E-state index in [1.165, 1.54) is 16.0 Å². The number of hydrogen-bond donors (Lipinski definition) is 2. The van der Waals surface area contributed by atoms with Crippen LogP contribution in [0.25, 0.3) is 0 Å². The first kappa shape index (κ1) is 15.4. The van der Waals surface area contributed by atoms with Gasteiger partial charge in [-0.05, 0) is 36.1 Å². The number of nitrogens with two attached hydrogens (primary N) is 1. The van der Waals surface area contributed by atoms with Gasteiger partial charge in [0.1, 0.15) is 5.70 Å². The number of anilines is 1. The Hall–Kier alpha value is -3.08. The molecular weight excluding hydrogens is 314 g/mol. The van der Waals surface area contributed by atoms with Crippen molar-refractivity contribution < 1.29 is 9.59 Å². The molecule has 2 aliphatic rings. The molecule has 5 nitrogen and oxygen atoms in total. The summed E-state index contributed by atoms with van der Waals surface area (Å²) >= 11 is 0. The summed E-state index contributed by atoms with van der Waals surface area (Å²) in [6, 6.07) is 17.5. The summed E-state index contributed by atoms with van der Waals surface area (Å²) in [6.45, 7) is 0.209. The molecule has 4 rings (SSSR count). The van der Waals surface area contributed by atoms with Gasteiger partial charge in [-0.15, -0.1) is 0 Å². The standard InChI is InChI=1S/C20H19N3O2/c21-18-17(12-23(20(18)25)16-8-2-1-3-9-16)19(24)22-15-10-13-6-4-5-7-14(13)11-15/h1-9,15H,10-12,21H2,(H,22,24). The van der Waals surface area contributed by atoms with Crippen LogP contribution in [-0.4, -0.2) is 24.4 Å². The topological polar surface area (TPSA) is 75.4 Å². The number of fused-ring (bicyclic) bond motifs is 1. The molecular formula is C20H19N3O2. The Bertz CT molecular complexity index is 849. The normalized spacial score (nSPS) is 17.1. The van der Waals surface area contributed by atoms with Crippen LogP contribution in [0.15, 0.2) is 65.9 Å². The fourth-order valence-electron chi connectivity index (χ4n) is 3.53. The quantitative estimate of drug-likeness (QED) is 0.894. The van der Waals surface area contributed by atoms with Gasteiger partial charge >= 0.3 is 0 Å². The third-order valence-electron chi connectivity index (χ3n) is 4.85. The van der Waals surface area contributed by atoms with Crippen LogP contribution in [0.5, 0.6) is 0 Å². The van der Waals surface area contributed by atoms with Gasteiger partial charge in [-0.1, -0.05) is 42.5 Å². The van der Waals surface area contributed by atoms with Gasteiger partial charge in [0.2, 0.25) is 0 Å². The summed E-state index contributed by atoms with van der Waals surface area (Å²) in [5.41, 5.74) is 9.60. The molecule has 0 unspecified atom stereocenters. The number of hydrogen-bond acceptors (Lipinski definition) is 3. The van der Waals surface area contributed by atoms with E-state index in [1.807, 2.05) is 42.5 Å². The van der Waals surface area contributed by atoms with Crippen molar-refractivity contribution >= 4 is 17.5 Å². The molecule has 2 aromatic rings. The Morgan fingerprint density at radius 2 is 1.60 bits per heavy atom. The molecule has 1 aliphatic heterocycles. The number of nitrogens with zero attached hydrogens (tertiary/aromatic N) is 1. The largest absolute Gasteiger partial charge is 0.394 e. The van der Waals surface area contributed by atoms with E-state index < -0.39 is 0 Å². The van der Waals surface area contributed by atoms with Crippen LogP contribution in [-0.2, 0) is 22.4 Å². The second-order valence-corrected chi connectivity index (χ2v) is 6.47. The fraction of sp³-hybridized carbons (Fsp3) is 0.200. The molecule has 0 saturated heterocycles. The van der Waals surface area contributed by atoms with Gasteiger partial charge in [-0.2, -0.15) is 0 Å². The zero-order chi connectivity index (χ0) is 17.4. The first-order valence-electron chi connectivity index (χ1n) is 8.36. The molecule has 0 aromatic heterocycles. The lowest BCUT2D eigenvalue weighted by molar-refractivity contribution is -0.118. The van der Waals surface area contributed by atoms with Gasteiger partial charge in [-0.25, -0.2) is 0 Å². The number of nitrogens with one attached hydrogen (secondary N) is 1. The molecule has 0 fully saturated rings. The van der Waals surface area contributed by atoms with E-state index in [9.17, 15) is 9.59 Å². The van der Waals surface area contributed by atoms with Gasteiger partial charge in [0.15, 0.2) is 0 Å². The Balaban J connectivity index is 1.47. The van der Waals surface area contributed by atoms with Crippen LogP contribution in [0.2, 0.25) is 0 Å². The molecule has 0 atom stereocenters. The van der Waals surface area contributed by atoms with Crippen molar-refractivity contribution in [2.24, 2.45) is 5.73 Å². The highest BCUT2D eigenvalue weighted by Gasteiger charge is 2.34. The lowest BCUT2D eigenvalue weighted by Crippen LogP contribution is -2.37. The van der Waals surface area contributed by atoms with Crippen molar-refractivity contribution in [3.05, 3.63) is 77.0 Å². The highest BCUT2D eigenvalue weighted by molar-refractivity contribution is 6.15. The zero-order valence-corrected chi connectivity index (χ0v) is 13.7. The van der Waals surface area contributed by atoms with Crippen molar-refractivity contribution in [1.82, 2.24) is 5.32 Å². The van der Waals surface area contributed by atoms with Gasteiger partial charge in [-0.3, -0.25) is 9.59 Å². The van der Waals surface area contributed by atoms with Crippen LogP contribution in [0.4, 0.5) is 5.69 Å². The lowest BCUT2D eigenvalue weighted by atomic mass is 10.1. The Labute approximate surface area is 146 Å². The second kappa shape index (κ2) is 6.09. The first-order valence-corrected chi connectivity index (χ1v) is 8.36. The molecule has 0 bridgehead atoms. The maximum absolute atomic E-state index is 12.7. The highest BCUT2D eigenvalue weighted by atomic mass is 16.2. The number of carbonyl (C=O) groups is 2. The molecule has 2 aromatic carbocycles. The molecule has 3 N–H and O–H groups in total. The summed E-state index contributed by atoms with van der Waals surface area (Å²) in [7, 11) is 0.